The molecule has 3 aliphatic heterocycles. The number of urea groups is 1. The predicted molar refractivity (Wildman–Crippen MR) is 100 cm³/mol. The van der Waals surface area contributed by atoms with E-state index in [1.807, 2.05) is 0 Å². The number of morpholine rings is 1. The van der Waals surface area contributed by atoms with Crippen LogP contribution in [0.25, 0.3) is 0 Å². The molecule has 1 spiro atoms. The van der Waals surface area contributed by atoms with Gasteiger partial charge in [0, 0.05) is 43.9 Å². The summed E-state index contributed by atoms with van der Waals surface area (Å²) in [6.07, 6.45) is -1.59. The van der Waals surface area contributed by atoms with Crippen LogP contribution < -0.4 is 10.1 Å². The lowest BCUT2D eigenvalue weighted by molar-refractivity contribution is -0.140. The molecular formula is C20H23F3N4O4. The van der Waals surface area contributed by atoms with E-state index in [1.165, 1.54) is 6.07 Å². The van der Waals surface area contributed by atoms with E-state index < -0.39 is 11.7 Å². The maximum absolute atomic E-state index is 12.8. The summed E-state index contributed by atoms with van der Waals surface area (Å²) in [4.78, 5) is 31.7. The summed E-state index contributed by atoms with van der Waals surface area (Å²) in [5.41, 5.74) is -0.784. The number of alkyl halides is 3. The van der Waals surface area contributed by atoms with Crippen molar-refractivity contribution in [2.75, 3.05) is 32.8 Å². The number of carbonyl (C=O) groups is 2. The second-order valence-electron chi connectivity index (χ2n) is 8.93. The van der Waals surface area contributed by atoms with Crippen molar-refractivity contribution in [1.29, 1.82) is 0 Å². The molecule has 0 bridgehead atoms. The first kappa shape index (κ1) is 20.3. The third-order valence-electron chi connectivity index (χ3n) is 6.59. The molecule has 31 heavy (non-hydrogen) atoms. The molecule has 1 N–H and O–H groups in total. The Hall–Kier alpha value is -2.56. The second-order valence-corrected chi connectivity index (χ2v) is 8.93. The number of fused-ring (bicyclic) bond motifs is 1. The SMILES string of the molecule is O=C1CO[C@H]2CCN(C(=O)N3CC4(CC(Oc5ccc(C(F)(F)F)cn5)C4)C3)C[C@H]2N1. The highest BCUT2D eigenvalue weighted by atomic mass is 19.4. The van der Waals surface area contributed by atoms with E-state index in [4.69, 9.17) is 9.47 Å². The Balaban J connectivity index is 1.08. The van der Waals surface area contributed by atoms with Crippen LogP contribution in [0.2, 0.25) is 0 Å². The van der Waals surface area contributed by atoms with Crippen molar-refractivity contribution >= 4 is 11.9 Å². The lowest BCUT2D eigenvalue weighted by Crippen LogP contribution is -2.69. The van der Waals surface area contributed by atoms with E-state index in [0.717, 1.165) is 25.1 Å². The molecule has 1 saturated carbocycles. The number of halogens is 3. The summed E-state index contributed by atoms with van der Waals surface area (Å²) in [7, 11) is 0. The molecule has 0 unspecified atom stereocenters. The Morgan fingerprint density at radius 3 is 2.71 bits per heavy atom. The first-order valence-electron chi connectivity index (χ1n) is 10.4. The zero-order valence-electron chi connectivity index (χ0n) is 16.7. The van der Waals surface area contributed by atoms with Gasteiger partial charge in [-0.1, -0.05) is 0 Å². The summed E-state index contributed by atoms with van der Waals surface area (Å²) >= 11 is 0. The van der Waals surface area contributed by atoms with Gasteiger partial charge in [0.15, 0.2) is 0 Å². The van der Waals surface area contributed by atoms with Crippen LogP contribution in [0.1, 0.15) is 24.8 Å². The van der Waals surface area contributed by atoms with Gasteiger partial charge in [-0.25, -0.2) is 9.78 Å². The molecule has 3 saturated heterocycles. The lowest BCUT2D eigenvalue weighted by atomic mass is 9.62. The second kappa shape index (κ2) is 7.25. The van der Waals surface area contributed by atoms with Crippen LogP contribution in [0.4, 0.5) is 18.0 Å². The number of carbonyl (C=O) groups excluding carboxylic acids is 2. The highest BCUT2D eigenvalue weighted by molar-refractivity contribution is 5.79. The quantitative estimate of drug-likeness (QED) is 0.756. The van der Waals surface area contributed by atoms with E-state index in [-0.39, 0.29) is 48.1 Å². The van der Waals surface area contributed by atoms with Crippen molar-refractivity contribution in [1.82, 2.24) is 20.1 Å². The highest BCUT2D eigenvalue weighted by Gasteiger charge is 2.55. The van der Waals surface area contributed by atoms with Gasteiger partial charge in [-0.2, -0.15) is 13.2 Å². The van der Waals surface area contributed by atoms with E-state index in [0.29, 0.717) is 32.6 Å². The number of rotatable bonds is 2. The Kier molecular flexibility index (Phi) is 4.76. The number of aromatic nitrogens is 1. The van der Waals surface area contributed by atoms with Crippen molar-refractivity contribution in [3.8, 4) is 5.88 Å². The van der Waals surface area contributed by atoms with Gasteiger partial charge in [0.2, 0.25) is 11.8 Å². The number of hydrogen-bond acceptors (Lipinski definition) is 5. The van der Waals surface area contributed by atoms with Crippen LogP contribution in [0.15, 0.2) is 18.3 Å². The fourth-order valence-electron chi connectivity index (χ4n) is 5.01. The monoisotopic (exact) mass is 440 g/mol. The average Bonchev–Trinajstić information content (AvgIpc) is 2.67. The molecule has 4 fully saturated rings. The van der Waals surface area contributed by atoms with Crippen LogP contribution in [0, 0.1) is 5.41 Å². The van der Waals surface area contributed by atoms with Crippen molar-refractivity contribution < 1.29 is 32.2 Å². The van der Waals surface area contributed by atoms with Crippen LogP contribution in [-0.4, -0.2) is 77.8 Å². The molecule has 168 valence electrons. The summed E-state index contributed by atoms with van der Waals surface area (Å²) in [5.74, 6) is 0.0289. The number of pyridine rings is 1. The molecule has 11 heteroatoms. The first-order chi connectivity index (χ1) is 14.7. The molecule has 1 aliphatic carbocycles. The molecule has 4 aliphatic rings. The molecule has 8 nitrogen and oxygen atoms in total. The van der Waals surface area contributed by atoms with Crippen molar-refractivity contribution in [3.05, 3.63) is 23.9 Å². The van der Waals surface area contributed by atoms with E-state index >= 15 is 0 Å². The number of piperidine rings is 1. The number of ether oxygens (including phenoxy) is 2. The summed E-state index contributed by atoms with van der Waals surface area (Å²) in [6, 6.07) is 2.01. The van der Waals surface area contributed by atoms with Gasteiger partial charge in [-0.05, 0) is 25.3 Å². The van der Waals surface area contributed by atoms with Gasteiger partial charge in [0.05, 0.1) is 17.7 Å². The maximum Gasteiger partial charge on any atom is 0.417 e. The van der Waals surface area contributed by atoms with Crippen LogP contribution in [0.3, 0.4) is 0 Å². The number of likely N-dealkylation sites (tertiary alicyclic amines) is 2. The zero-order valence-corrected chi connectivity index (χ0v) is 16.7. The van der Waals surface area contributed by atoms with Gasteiger partial charge in [0.1, 0.15) is 12.7 Å². The molecule has 0 radical (unpaired) electrons. The summed E-state index contributed by atoms with van der Waals surface area (Å²) in [5, 5.41) is 2.90. The van der Waals surface area contributed by atoms with Crippen LogP contribution >= 0.6 is 0 Å². The van der Waals surface area contributed by atoms with Gasteiger partial charge >= 0.3 is 12.2 Å². The number of nitrogens with one attached hydrogen (secondary N) is 1. The van der Waals surface area contributed by atoms with Gasteiger partial charge in [-0.3, -0.25) is 4.79 Å². The minimum Gasteiger partial charge on any atom is -0.474 e. The highest BCUT2D eigenvalue weighted by Crippen LogP contribution is 2.50. The smallest absolute Gasteiger partial charge is 0.417 e. The largest absolute Gasteiger partial charge is 0.474 e. The van der Waals surface area contributed by atoms with Crippen LogP contribution in [-0.2, 0) is 15.7 Å². The van der Waals surface area contributed by atoms with E-state index in [1.54, 1.807) is 9.80 Å². The first-order valence-corrected chi connectivity index (χ1v) is 10.4. The Bertz CT molecular complexity index is 864. The maximum atomic E-state index is 12.8. The van der Waals surface area contributed by atoms with Crippen molar-refractivity contribution in [2.45, 2.75) is 43.7 Å². The topological polar surface area (TPSA) is 84.0 Å². The molecule has 4 heterocycles. The molecule has 3 amide bonds. The molecule has 1 aromatic heterocycles. The molecular weight excluding hydrogens is 417 g/mol. The number of amides is 3. The Morgan fingerprint density at radius 2 is 2.03 bits per heavy atom. The number of hydrogen-bond donors (Lipinski definition) is 1. The van der Waals surface area contributed by atoms with Gasteiger partial charge < -0.3 is 24.6 Å². The van der Waals surface area contributed by atoms with Crippen molar-refractivity contribution in [3.63, 3.8) is 0 Å². The minimum absolute atomic E-state index is 0.0206. The lowest BCUT2D eigenvalue weighted by Gasteiger charge is -2.59. The van der Waals surface area contributed by atoms with Gasteiger partial charge in [-0.15, -0.1) is 0 Å². The molecule has 5 rings (SSSR count). The molecule has 0 aromatic carbocycles. The predicted octanol–water partition coefficient (Wildman–Crippen LogP) is 1.65. The standard InChI is InChI=1S/C20H23F3N4O4/c21-20(22,23)12-1-2-17(24-7-12)31-13-5-19(6-13)10-27(11-19)18(29)26-4-3-15-14(8-26)25-16(28)9-30-15/h1-2,7,13-15H,3-6,8-11H2,(H,25,28)/t14-,15+/m1/s1. The van der Waals surface area contributed by atoms with E-state index in [9.17, 15) is 22.8 Å². The van der Waals surface area contributed by atoms with Crippen molar-refractivity contribution in [2.24, 2.45) is 5.41 Å². The molecule has 1 aromatic rings. The Labute approximate surface area is 176 Å². The summed E-state index contributed by atoms with van der Waals surface area (Å²) < 4.78 is 49.0. The molecule has 2 atom stereocenters. The minimum atomic E-state index is -4.42. The zero-order chi connectivity index (χ0) is 21.8. The number of nitrogens with zero attached hydrogens (tertiary/aromatic N) is 3. The van der Waals surface area contributed by atoms with Crippen LogP contribution in [0.5, 0.6) is 5.88 Å². The average molecular weight is 440 g/mol. The normalized spacial score (nSPS) is 27.8. The Morgan fingerprint density at radius 1 is 1.26 bits per heavy atom. The van der Waals surface area contributed by atoms with Gasteiger partial charge in [0.25, 0.3) is 0 Å². The third-order valence-corrected chi connectivity index (χ3v) is 6.59. The fraction of sp³-hybridized carbons (Fsp3) is 0.650. The fourth-order valence-corrected chi connectivity index (χ4v) is 5.01. The third kappa shape index (κ3) is 3.90. The summed E-state index contributed by atoms with van der Waals surface area (Å²) in [6.45, 7) is 2.41. The van der Waals surface area contributed by atoms with E-state index in [2.05, 4.69) is 10.3 Å².